The highest BCUT2D eigenvalue weighted by atomic mass is 35.5. The first-order valence-corrected chi connectivity index (χ1v) is 12.2. The van der Waals surface area contributed by atoms with Crippen LogP contribution in [0.25, 0.3) is 0 Å². The first-order chi connectivity index (χ1) is 19.6. The largest absolute Gasteiger partial charge is 0.466 e. The summed E-state index contributed by atoms with van der Waals surface area (Å²) in [4.78, 5) is 40.1. The lowest BCUT2D eigenvalue weighted by Gasteiger charge is -2.35. The summed E-state index contributed by atoms with van der Waals surface area (Å²) in [5, 5.41) is 12.3. The van der Waals surface area contributed by atoms with E-state index in [0.717, 1.165) is 14.2 Å². The number of hydrogen-bond donors (Lipinski definition) is 2. The van der Waals surface area contributed by atoms with E-state index in [0.29, 0.717) is 17.7 Å². The molecule has 0 saturated carbocycles. The molecule has 1 unspecified atom stereocenters. The second kappa shape index (κ2) is 11.9. The van der Waals surface area contributed by atoms with Gasteiger partial charge in [-0.05, 0) is 42.0 Å². The van der Waals surface area contributed by atoms with Crippen LogP contribution in [0, 0.1) is 23.0 Å². The third-order valence-electron chi connectivity index (χ3n) is 6.25. The molecular weight excluding hydrogens is 558 g/mol. The van der Waals surface area contributed by atoms with Gasteiger partial charge in [0.15, 0.2) is 11.6 Å². The zero-order valence-electron chi connectivity index (χ0n) is 21.6. The fraction of sp³-hybridized carbons (Fsp3) is 0.103. The Balaban J connectivity index is 1.80. The van der Waals surface area contributed by atoms with E-state index >= 15 is 0 Å². The van der Waals surface area contributed by atoms with Crippen molar-refractivity contribution in [1.29, 1.82) is 5.26 Å². The summed E-state index contributed by atoms with van der Waals surface area (Å²) >= 11 is 5.89. The van der Waals surface area contributed by atoms with Crippen molar-refractivity contribution in [3.63, 3.8) is 0 Å². The third kappa shape index (κ3) is 5.46. The van der Waals surface area contributed by atoms with E-state index in [1.807, 2.05) is 6.07 Å². The molecule has 41 heavy (non-hydrogen) atoms. The maximum Gasteiger partial charge on any atom is 0.355 e. The molecule has 1 atom stereocenters. The number of esters is 2. The van der Waals surface area contributed by atoms with Gasteiger partial charge in [0.25, 0.3) is 5.91 Å². The Hall–Kier alpha value is -5.21. The average Bonchev–Trinajstić information content (AvgIpc) is 2.98. The molecule has 1 aliphatic heterocycles. The summed E-state index contributed by atoms with van der Waals surface area (Å²) < 4.78 is 37.0. The highest BCUT2D eigenvalue weighted by Gasteiger charge is 2.43. The standard InChI is InChI=1S/C29H21ClF2N4O5/c1-40-28(38)24-23(15-6-4-3-5-7-15)19(14-33)26(34)36(25(24)29(39)41-2)17-10-8-16(9-11-17)35-27(37)18-12-21(31)22(32)13-20(18)30/h3-13,23H,34H2,1-2H3,(H,35,37). The number of nitrogens with zero attached hydrogens (tertiary/aromatic N) is 2. The van der Waals surface area contributed by atoms with Crippen molar-refractivity contribution in [3.8, 4) is 6.07 Å². The van der Waals surface area contributed by atoms with Gasteiger partial charge in [-0.2, -0.15) is 5.26 Å². The van der Waals surface area contributed by atoms with Gasteiger partial charge in [0.05, 0.1) is 47.9 Å². The number of halogens is 3. The topological polar surface area (TPSA) is 135 Å². The summed E-state index contributed by atoms with van der Waals surface area (Å²) in [5.41, 5.74) is 6.68. The summed E-state index contributed by atoms with van der Waals surface area (Å²) in [5.74, 6) is -6.21. The van der Waals surface area contributed by atoms with E-state index in [4.69, 9.17) is 26.8 Å². The van der Waals surface area contributed by atoms with E-state index in [1.54, 1.807) is 30.3 Å². The summed E-state index contributed by atoms with van der Waals surface area (Å²) in [6.07, 6.45) is 0. The Labute approximate surface area is 238 Å². The second-order valence-electron chi connectivity index (χ2n) is 8.58. The number of anilines is 2. The molecule has 0 spiro atoms. The number of amides is 1. The number of ether oxygens (including phenoxy) is 2. The van der Waals surface area contributed by atoms with Crippen molar-refractivity contribution >= 4 is 40.8 Å². The molecule has 3 N–H and O–H groups in total. The van der Waals surface area contributed by atoms with E-state index in [-0.39, 0.29) is 44.6 Å². The highest BCUT2D eigenvalue weighted by molar-refractivity contribution is 6.34. The van der Waals surface area contributed by atoms with Crippen molar-refractivity contribution in [2.75, 3.05) is 24.4 Å². The van der Waals surface area contributed by atoms with E-state index in [9.17, 15) is 28.4 Å². The molecule has 1 amide bonds. The lowest BCUT2D eigenvalue weighted by atomic mass is 9.81. The Morgan fingerprint density at radius 3 is 2.17 bits per heavy atom. The van der Waals surface area contributed by atoms with Crippen LogP contribution in [0.2, 0.25) is 5.02 Å². The highest BCUT2D eigenvalue weighted by Crippen LogP contribution is 2.43. The van der Waals surface area contributed by atoms with Gasteiger partial charge < -0.3 is 20.5 Å². The van der Waals surface area contributed by atoms with E-state index < -0.39 is 35.4 Å². The van der Waals surface area contributed by atoms with Crippen LogP contribution in [0.1, 0.15) is 21.8 Å². The zero-order valence-corrected chi connectivity index (χ0v) is 22.3. The van der Waals surface area contributed by atoms with Gasteiger partial charge in [0, 0.05) is 11.4 Å². The normalized spacial score (nSPS) is 14.8. The molecule has 12 heteroatoms. The van der Waals surface area contributed by atoms with E-state index in [2.05, 4.69) is 5.32 Å². The third-order valence-corrected chi connectivity index (χ3v) is 6.56. The van der Waals surface area contributed by atoms with Crippen molar-refractivity contribution in [2.24, 2.45) is 5.73 Å². The smallest absolute Gasteiger partial charge is 0.355 e. The van der Waals surface area contributed by atoms with Crippen LogP contribution in [-0.4, -0.2) is 32.1 Å². The number of nitrogens with one attached hydrogen (secondary N) is 1. The van der Waals surface area contributed by atoms with Crippen LogP contribution in [0.4, 0.5) is 20.2 Å². The van der Waals surface area contributed by atoms with Crippen LogP contribution in [0.5, 0.6) is 0 Å². The van der Waals surface area contributed by atoms with Gasteiger partial charge in [0.2, 0.25) is 0 Å². The summed E-state index contributed by atoms with van der Waals surface area (Å²) in [6, 6.07) is 17.7. The first-order valence-electron chi connectivity index (χ1n) is 11.8. The SMILES string of the molecule is COC(=O)C1=C(C(=O)OC)N(c2ccc(NC(=O)c3cc(F)c(F)cc3Cl)cc2)C(N)=C(C#N)C1c1ccccc1. The lowest BCUT2D eigenvalue weighted by Crippen LogP contribution is -2.40. The Morgan fingerprint density at radius 2 is 1.59 bits per heavy atom. The van der Waals surface area contributed by atoms with Crippen LogP contribution in [0.3, 0.4) is 0 Å². The summed E-state index contributed by atoms with van der Waals surface area (Å²) in [6.45, 7) is 0. The number of methoxy groups -OCH3 is 2. The number of rotatable bonds is 6. The number of benzene rings is 3. The number of nitrogens with two attached hydrogens (primary N) is 1. The molecule has 0 aliphatic carbocycles. The predicted octanol–water partition coefficient (Wildman–Crippen LogP) is 4.77. The Morgan fingerprint density at radius 1 is 0.976 bits per heavy atom. The maximum absolute atomic E-state index is 13.7. The van der Waals surface area contributed by atoms with Crippen molar-refractivity contribution in [3.05, 3.63) is 117 Å². The van der Waals surface area contributed by atoms with Crippen molar-refractivity contribution in [2.45, 2.75) is 5.92 Å². The molecule has 0 bridgehead atoms. The van der Waals surface area contributed by atoms with Gasteiger partial charge in [-0.15, -0.1) is 0 Å². The molecule has 9 nitrogen and oxygen atoms in total. The van der Waals surface area contributed by atoms with Gasteiger partial charge >= 0.3 is 11.9 Å². The molecular formula is C29H21ClF2N4O5. The molecule has 1 heterocycles. The van der Waals surface area contributed by atoms with Crippen molar-refractivity contribution < 1.29 is 32.6 Å². The lowest BCUT2D eigenvalue weighted by molar-refractivity contribution is -0.139. The fourth-order valence-electron chi connectivity index (χ4n) is 4.37. The van der Waals surface area contributed by atoms with E-state index in [1.165, 1.54) is 29.2 Å². The molecule has 0 radical (unpaired) electrons. The number of nitriles is 1. The molecule has 4 rings (SSSR count). The molecule has 3 aromatic rings. The van der Waals surface area contributed by atoms with Gasteiger partial charge in [-0.25, -0.2) is 18.4 Å². The molecule has 208 valence electrons. The number of allylic oxidation sites excluding steroid dienone is 1. The zero-order chi connectivity index (χ0) is 29.8. The van der Waals surface area contributed by atoms with Gasteiger partial charge in [-0.3, -0.25) is 9.69 Å². The average molecular weight is 579 g/mol. The Kier molecular flexibility index (Phi) is 8.35. The molecule has 0 fully saturated rings. The quantitative estimate of drug-likeness (QED) is 0.315. The van der Waals surface area contributed by atoms with Crippen LogP contribution in [-0.2, 0) is 19.1 Å². The van der Waals surface area contributed by atoms with Gasteiger partial charge in [-0.1, -0.05) is 41.9 Å². The fourth-order valence-corrected chi connectivity index (χ4v) is 4.61. The van der Waals surface area contributed by atoms with Crippen LogP contribution in [0.15, 0.2) is 89.4 Å². The minimum absolute atomic E-state index is 0.0189. The monoisotopic (exact) mass is 578 g/mol. The predicted molar refractivity (Wildman–Crippen MR) is 145 cm³/mol. The van der Waals surface area contributed by atoms with Gasteiger partial charge in [0.1, 0.15) is 11.5 Å². The van der Waals surface area contributed by atoms with Crippen LogP contribution >= 0.6 is 11.6 Å². The molecule has 0 saturated heterocycles. The number of hydrogen-bond acceptors (Lipinski definition) is 8. The van der Waals surface area contributed by atoms with Crippen LogP contribution < -0.4 is 16.0 Å². The maximum atomic E-state index is 13.7. The minimum Gasteiger partial charge on any atom is -0.466 e. The second-order valence-corrected chi connectivity index (χ2v) is 8.99. The summed E-state index contributed by atoms with van der Waals surface area (Å²) in [7, 11) is 2.27. The Bertz CT molecular complexity index is 1650. The number of carbonyl (C=O) groups excluding carboxylic acids is 3. The molecule has 3 aromatic carbocycles. The first kappa shape index (κ1) is 28.8. The minimum atomic E-state index is -1.24. The molecule has 1 aliphatic rings. The molecule has 0 aromatic heterocycles. The van der Waals surface area contributed by atoms with Crippen molar-refractivity contribution in [1.82, 2.24) is 0 Å². The number of carbonyl (C=O) groups is 3.